The van der Waals surface area contributed by atoms with Crippen LogP contribution in [0.5, 0.6) is 5.75 Å². The van der Waals surface area contributed by atoms with Crippen molar-refractivity contribution in [2.24, 2.45) is 11.5 Å². The van der Waals surface area contributed by atoms with Gasteiger partial charge in [-0.3, -0.25) is 33.6 Å². The van der Waals surface area contributed by atoms with E-state index in [9.17, 15) is 43.8 Å². The van der Waals surface area contributed by atoms with Gasteiger partial charge in [0.2, 0.25) is 35.4 Å². The summed E-state index contributed by atoms with van der Waals surface area (Å²) < 4.78 is 0. The minimum absolute atomic E-state index is 0.0296. The molecule has 17 heteroatoms. The van der Waals surface area contributed by atoms with Crippen molar-refractivity contribution in [1.82, 2.24) is 31.5 Å². The zero-order valence-corrected chi connectivity index (χ0v) is 30.6. The second-order valence-corrected chi connectivity index (χ2v) is 13.8. The predicted molar refractivity (Wildman–Crippen MR) is 201 cm³/mol. The van der Waals surface area contributed by atoms with E-state index in [-0.39, 0.29) is 31.6 Å². The fraction of sp³-hybridized carbons (Fsp3) is 0.359. The molecule has 56 heavy (non-hydrogen) atoms. The molecule has 2 heterocycles. The standard InChI is InChI=1S/C39H46N8O9/c1-21(42-35(52)27(40)18-23-13-15-24(49)16-14-23)34(51)43-28(19-22-8-3-2-4-9-22)36(53)45-31-25-10-5-6-11-26(25)32(46-38(31)55)39(56)47-17-7-12-30(47)37(54)44-29(20-48)33(41)50/h2-6,8-11,13-16,21,27-32,48-49H,7,12,17-20,40H2,1H3,(H2,41,50)(H,42,52)(H,43,51)(H,44,54)(H,45,53)(H,46,55)/t21-,27+,28+,29+,30+,31-,32+/m1/s1. The Hall–Kier alpha value is -6.33. The van der Waals surface area contributed by atoms with Gasteiger partial charge in [-0.25, -0.2) is 0 Å². The van der Waals surface area contributed by atoms with Crippen LogP contribution in [-0.4, -0.2) is 99.8 Å². The van der Waals surface area contributed by atoms with Gasteiger partial charge in [-0.15, -0.1) is 0 Å². The molecule has 1 saturated heterocycles. The third-order valence-corrected chi connectivity index (χ3v) is 9.78. The Kier molecular flexibility index (Phi) is 13.4. The summed E-state index contributed by atoms with van der Waals surface area (Å²) in [5.74, 6) is -4.84. The van der Waals surface area contributed by atoms with E-state index < -0.39 is 90.3 Å². The summed E-state index contributed by atoms with van der Waals surface area (Å²) in [6.45, 7) is 0.914. The number of benzene rings is 3. The number of hydrogen-bond acceptors (Lipinski definition) is 10. The normalized spacial score (nSPS) is 19.6. The van der Waals surface area contributed by atoms with Crippen LogP contribution < -0.4 is 38.1 Å². The van der Waals surface area contributed by atoms with Crippen LogP contribution >= 0.6 is 0 Å². The molecule has 17 nitrogen and oxygen atoms in total. The Morgan fingerprint density at radius 2 is 1.46 bits per heavy atom. The van der Waals surface area contributed by atoms with Crippen LogP contribution in [0.15, 0.2) is 78.9 Å². The molecule has 296 valence electrons. The number of amides is 7. The molecule has 7 atom stereocenters. The van der Waals surface area contributed by atoms with Gasteiger partial charge in [-0.2, -0.15) is 0 Å². The number of primary amides is 1. The highest BCUT2D eigenvalue weighted by Crippen LogP contribution is 2.33. The molecule has 3 aromatic rings. The zero-order valence-electron chi connectivity index (χ0n) is 30.6. The number of phenols is 1. The van der Waals surface area contributed by atoms with Crippen LogP contribution in [0, 0.1) is 0 Å². The van der Waals surface area contributed by atoms with Crippen LogP contribution in [0.1, 0.15) is 54.1 Å². The summed E-state index contributed by atoms with van der Waals surface area (Å²) in [6, 6.07) is 13.5. The van der Waals surface area contributed by atoms with Crippen LogP contribution in [0.2, 0.25) is 0 Å². The van der Waals surface area contributed by atoms with Gasteiger partial charge in [0.05, 0.1) is 12.6 Å². The zero-order chi connectivity index (χ0) is 40.5. The van der Waals surface area contributed by atoms with E-state index in [1.807, 2.05) is 0 Å². The molecule has 5 rings (SSSR count). The fourth-order valence-corrected chi connectivity index (χ4v) is 6.73. The summed E-state index contributed by atoms with van der Waals surface area (Å²) in [4.78, 5) is 93.9. The minimum Gasteiger partial charge on any atom is -0.508 e. The fourth-order valence-electron chi connectivity index (χ4n) is 6.73. The number of nitrogens with two attached hydrogens (primary N) is 2. The molecule has 2 aliphatic rings. The lowest BCUT2D eigenvalue weighted by Crippen LogP contribution is -2.58. The highest BCUT2D eigenvalue weighted by Gasteiger charge is 2.44. The largest absolute Gasteiger partial charge is 0.508 e. The van der Waals surface area contributed by atoms with Crippen molar-refractivity contribution in [3.8, 4) is 5.75 Å². The number of aliphatic hydroxyl groups is 1. The Morgan fingerprint density at radius 3 is 2.12 bits per heavy atom. The Labute approximate surface area is 322 Å². The summed E-state index contributed by atoms with van der Waals surface area (Å²) >= 11 is 0. The number of aromatic hydroxyl groups is 1. The monoisotopic (exact) mass is 770 g/mol. The lowest BCUT2D eigenvalue weighted by molar-refractivity contribution is -0.143. The van der Waals surface area contributed by atoms with Gasteiger partial charge in [0.15, 0.2) is 0 Å². The molecule has 0 unspecified atom stereocenters. The van der Waals surface area contributed by atoms with Crippen molar-refractivity contribution in [1.29, 1.82) is 0 Å². The maximum absolute atomic E-state index is 14.0. The van der Waals surface area contributed by atoms with Gasteiger partial charge >= 0.3 is 0 Å². The molecule has 0 spiro atoms. The molecule has 0 bridgehead atoms. The van der Waals surface area contributed by atoms with E-state index in [2.05, 4.69) is 26.6 Å². The van der Waals surface area contributed by atoms with E-state index >= 15 is 0 Å². The molecule has 0 aromatic heterocycles. The van der Waals surface area contributed by atoms with Crippen molar-refractivity contribution in [2.75, 3.05) is 13.2 Å². The van der Waals surface area contributed by atoms with E-state index in [1.54, 1.807) is 66.7 Å². The number of hydrogen-bond donors (Lipinski definition) is 9. The molecule has 0 aliphatic carbocycles. The predicted octanol–water partition coefficient (Wildman–Crippen LogP) is -1.52. The molecule has 0 radical (unpaired) electrons. The number of carbonyl (C=O) groups excluding carboxylic acids is 7. The van der Waals surface area contributed by atoms with Gasteiger partial charge in [0.25, 0.3) is 5.91 Å². The summed E-state index contributed by atoms with van der Waals surface area (Å²) in [5, 5.41) is 32.0. The first-order valence-corrected chi connectivity index (χ1v) is 18.2. The highest BCUT2D eigenvalue weighted by atomic mass is 16.3. The van der Waals surface area contributed by atoms with Gasteiger partial charge in [0.1, 0.15) is 42.0 Å². The second kappa shape index (κ2) is 18.3. The molecular formula is C39H46N8O9. The van der Waals surface area contributed by atoms with Crippen LogP contribution in [0.25, 0.3) is 0 Å². The molecule has 7 amide bonds. The molecule has 2 aliphatic heterocycles. The lowest BCUT2D eigenvalue weighted by atomic mass is 9.89. The second-order valence-electron chi connectivity index (χ2n) is 13.8. The Morgan fingerprint density at radius 1 is 0.821 bits per heavy atom. The summed E-state index contributed by atoms with van der Waals surface area (Å²) in [7, 11) is 0. The van der Waals surface area contributed by atoms with E-state index in [4.69, 9.17) is 11.5 Å². The topological polar surface area (TPSA) is 275 Å². The van der Waals surface area contributed by atoms with Gasteiger partial charge < -0.3 is 53.2 Å². The van der Waals surface area contributed by atoms with Gasteiger partial charge in [-0.1, -0.05) is 66.7 Å². The number of phenolic OH excluding ortho intramolecular Hbond substituents is 1. The maximum atomic E-state index is 14.0. The van der Waals surface area contributed by atoms with Crippen molar-refractivity contribution >= 4 is 41.4 Å². The first kappa shape index (κ1) is 40.8. The molecule has 11 N–H and O–H groups in total. The van der Waals surface area contributed by atoms with Gasteiger partial charge in [-0.05, 0) is 60.6 Å². The number of fused-ring (bicyclic) bond motifs is 1. The third-order valence-electron chi connectivity index (χ3n) is 9.78. The number of nitrogens with zero attached hydrogens (tertiary/aromatic N) is 1. The Balaban J connectivity index is 1.29. The number of aliphatic hydroxyl groups excluding tert-OH is 1. The van der Waals surface area contributed by atoms with E-state index in [0.29, 0.717) is 28.7 Å². The number of rotatable bonds is 15. The van der Waals surface area contributed by atoms with Crippen molar-refractivity contribution in [2.45, 2.75) is 74.9 Å². The number of likely N-dealkylation sites (tertiary alicyclic amines) is 1. The molecule has 1 fully saturated rings. The quantitative estimate of drug-likeness (QED) is 0.0861. The molecule has 0 saturated carbocycles. The minimum atomic E-state index is -1.34. The average Bonchev–Trinajstić information content (AvgIpc) is 3.69. The van der Waals surface area contributed by atoms with Crippen LogP contribution in [0.3, 0.4) is 0 Å². The smallest absolute Gasteiger partial charge is 0.250 e. The van der Waals surface area contributed by atoms with Gasteiger partial charge in [0, 0.05) is 13.0 Å². The first-order chi connectivity index (χ1) is 26.8. The number of nitrogens with one attached hydrogen (secondary N) is 5. The van der Waals surface area contributed by atoms with E-state index in [1.165, 1.54) is 24.0 Å². The van der Waals surface area contributed by atoms with Crippen molar-refractivity contribution < 1.29 is 43.8 Å². The summed E-state index contributed by atoms with van der Waals surface area (Å²) in [6.07, 6.45) is 0.919. The van der Waals surface area contributed by atoms with Crippen molar-refractivity contribution in [3.63, 3.8) is 0 Å². The van der Waals surface area contributed by atoms with Crippen LogP contribution in [0.4, 0.5) is 0 Å². The third kappa shape index (κ3) is 9.85. The Bertz CT molecular complexity index is 1940. The van der Waals surface area contributed by atoms with E-state index in [0.717, 1.165) is 0 Å². The average molecular weight is 771 g/mol. The van der Waals surface area contributed by atoms with Crippen molar-refractivity contribution in [3.05, 3.63) is 101 Å². The molecule has 3 aromatic carbocycles. The summed E-state index contributed by atoms with van der Waals surface area (Å²) in [5.41, 5.74) is 13.4. The molecular weight excluding hydrogens is 724 g/mol. The highest BCUT2D eigenvalue weighted by molar-refractivity contribution is 6.00. The SMILES string of the molecule is C[C@@H](NC(=O)[C@@H](N)Cc1ccc(O)cc1)C(=O)N[C@@H](Cc1ccccc1)C(=O)N[C@H]1C(=O)N[C@H](C(=O)N2CCC[C@H]2C(=O)N[C@@H](CO)C(N)=O)c2ccccc21. The first-order valence-electron chi connectivity index (χ1n) is 18.2. The number of carbonyl (C=O) groups is 7. The maximum Gasteiger partial charge on any atom is 0.250 e. The lowest BCUT2D eigenvalue weighted by Gasteiger charge is -2.35. The van der Waals surface area contributed by atoms with Crippen LogP contribution in [-0.2, 0) is 46.4 Å².